The molecular formula is C12H13N5O. The van der Waals surface area contributed by atoms with Crippen molar-refractivity contribution in [1.82, 2.24) is 19.9 Å². The summed E-state index contributed by atoms with van der Waals surface area (Å²) in [5, 5.41) is 15.3. The van der Waals surface area contributed by atoms with Gasteiger partial charge in [0.25, 0.3) is 5.91 Å². The van der Waals surface area contributed by atoms with Gasteiger partial charge in [-0.1, -0.05) is 0 Å². The molecule has 0 radical (unpaired) electrons. The Balaban J connectivity index is 1.95. The summed E-state index contributed by atoms with van der Waals surface area (Å²) in [5.41, 5.74) is 1.20. The molecule has 2 heterocycles. The number of rotatable bonds is 5. The first-order valence-electron chi connectivity index (χ1n) is 5.75. The molecule has 0 fully saturated rings. The highest BCUT2D eigenvalue weighted by molar-refractivity contribution is 6.00. The number of unbranched alkanes of at least 4 members (excludes halogenated alkanes) is 2. The van der Waals surface area contributed by atoms with Gasteiger partial charge in [0.05, 0.1) is 29.5 Å². The molecule has 2 rings (SSSR count). The van der Waals surface area contributed by atoms with Gasteiger partial charge in [0.1, 0.15) is 0 Å². The maximum atomic E-state index is 11.9. The molecule has 0 bridgehead atoms. The summed E-state index contributed by atoms with van der Waals surface area (Å²) >= 11 is 0. The van der Waals surface area contributed by atoms with Crippen LogP contribution in [-0.4, -0.2) is 27.0 Å². The van der Waals surface area contributed by atoms with Crippen molar-refractivity contribution >= 4 is 11.4 Å². The minimum Gasteiger partial charge on any atom is -0.352 e. The molecule has 0 aromatic carbocycles. The van der Waals surface area contributed by atoms with Crippen LogP contribution in [0.5, 0.6) is 0 Å². The summed E-state index contributed by atoms with van der Waals surface area (Å²) in [6.45, 7) is 0.568. The number of nitrogens with zero attached hydrogens (tertiary/aromatic N) is 4. The zero-order chi connectivity index (χ0) is 12.8. The van der Waals surface area contributed by atoms with Crippen LogP contribution in [0, 0.1) is 11.3 Å². The van der Waals surface area contributed by atoms with E-state index >= 15 is 0 Å². The Labute approximate surface area is 104 Å². The van der Waals surface area contributed by atoms with Crippen molar-refractivity contribution in [3.8, 4) is 6.07 Å². The minimum absolute atomic E-state index is 0.157. The number of hydrogen-bond acceptors (Lipinski definition) is 4. The van der Waals surface area contributed by atoms with Gasteiger partial charge in [-0.25, -0.2) is 4.52 Å². The lowest BCUT2D eigenvalue weighted by Gasteiger charge is -2.02. The molecule has 18 heavy (non-hydrogen) atoms. The smallest absolute Gasteiger partial charge is 0.255 e. The summed E-state index contributed by atoms with van der Waals surface area (Å²) < 4.78 is 1.61. The van der Waals surface area contributed by atoms with Gasteiger partial charge in [0.15, 0.2) is 0 Å². The van der Waals surface area contributed by atoms with Gasteiger partial charge in [-0.3, -0.25) is 9.78 Å². The van der Waals surface area contributed by atoms with Crippen molar-refractivity contribution in [3.05, 3.63) is 30.4 Å². The van der Waals surface area contributed by atoms with E-state index < -0.39 is 0 Å². The van der Waals surface area contributed by atoms with Gasteiger partial charge in [0, 0.05) is 25.4 Å². The van der Waals surface area contributed by atoms with E-state index in [2.05, 4.69) is 21.5 Å². The largest absolute Gasteiger partial charge is 0.352 e. The van der Waals surface area contributed by atoms with Gasteiger partial charge in [0.2, 0.25) is 0 Å². The van der Waals surface area contributed by atoms with E-state index in [1.165, 1.54) is 6.20 Å². The molecule has 0 aliphatic rings. The number of fused-ring (bicyclic) bond motifs is 1. The Bertz CT molecular complexity index is 583. The molecule has 0 aliphatic heterocycles. The normalized spacial score (nSPS) is 10.2. The standard InChI is InChI=1S/C12H13N5O/c13-4-2-1-3-5-15-12(18)10-8-16-17-7-6-14-9-11(10)17/h6-9H,1-3,5H2,(H,15,18). The van der Waals surface area contributed by atoms with E-state index in [0.29, 0.717) is 24.0 Å². The van der Waals surface area contributed by atoms with Crippen LogP contribution >= 0.6 is 0 Å². The lowest BCUT2D eigenvalue weighted by molar-refractivity contribution is 0.0954. The van der Waals surface area contributed by atoms with Gasteiger partial charge < -0.3 is 5.32 Å². The Kier molecular flexibility index (Phi) is 3.86. The van der Waals surface area contributed by atoms with E-state index in [-0.39, 0.29) is 5.91 Å². The predicted molar refractivity (Wildman–Crippen MR) is 64.8 cm³/mol. The SMILES string of the molecule is N#CCCCCNC(=O)c1cnn2ccncc12. The molecule has 2 aromatic heterocycles. The number of carbonyl (C=O) groups is 1. The van der Waals surface area contributed by atoms with Gasteiger partial charge >= 0.3 is 0 Å². The van der Waals surface area contributed by atoms with Crippen LogP contribution < -0.4 is 5.32 Å². The first-order chi connectivity index (χ1) is 8.83. The number of hydrogen-bond donors (Lipinski definition) is 1. The quantitative estimate of drug-likeness (QED) is 0.798. The van der Waals surface area contributed by atoms with Crippen LogP contribution in [0.4, 0.5) is 0 Å². The second-order valence-corrected chi connectivity index (χ2v) is 3.84. The Hall–Kier alpha value is -2.42. The molecule has 0 atom stereocenters. The number of amides is 1. The first-order valence-corrected chi connectivity index (χ1v) is 5.75. The van der Waals surface area contributed by atoms with Crippen LogP contribution in [-0.2, 0) is 0 Å². The summed E-state index contributed by atoms with van der Waals surface area (Å²) in [4.78, 5) is 15.9. The minimum atomic E-state index is -0.157. The van der Waals surface area contributed by atoms with Crippen LogP contribution in [0.15, 0.2) is 24.8 Å². The van der Waals surface area contributed by atoms with Crippen molar-refractivity contribution in [2.45, 2.75) is 19.3 Å². The van der Waals surface area contributed by atoms with Gasteiger partial charge in [-0.15, -0.1) is 0 Å². The second-order valence-electron chi connectivity index (χ2n) is 3.84. The first kappa shape index (κ1) is 12.0. The van der Waals surface area contributed by atoms with Gasteiger partial charge in [-0.2, -0.15) is 10.4 Å². The topological polar surface area (TPSA) is 83.1 Å². The summed E-state index contributed by atoms with van der Waals surface area (Å²) in [6.07, 6.45) is 8.57. The third-order valence-corrected chi connectivity index (χ3v) is 2.57. The van der Waals surface area contributed by atoms with E-state index in [9.17, 15) is 4.79 Å². The molecule has 0 aliphatic carbocycles. The highest BCUT2D eigenvalue weighted by atomic mass is 16.1. The molecule has 1 amide bonds. The van der Waals surface area contributed by atoms with E-state index in [1.807, 2.05) is 0 Å². The zero-order valence-electron chi connectivity index (χ0n) is 9.83. The number of aromatic nitrogens is 3. The molecule has 6 heteroatoms. The zero-order valence-corrected chi connectivity index (χ0v) is 9.83. The fraction of sp³-hybridized carbons (Fsp3) is 0.333. The molecule has 0 unspecified atom stereocenters. The van der Waals surface area contributed by atoms with Crippen molar-refractivity contribution in [2.75, 3.05) is 6.54 Å². The molecule has 0 saturated heterocycles. The Morgan fingerprint density at radius 2 is 2.33 bits per heavy atom. The maximum absolute atomic E-state index is 11.9. The van der Waals surface area contributed by atoms with Crippen LogP contribution in [0.25, 0.3) is 5.52 Å². The number of nitriles is 1. The fourth-order valence-corrected chi connectivity index (χ4v) is 1.64. The summed E-state index contributed by atoms with van der Waals surface area (Å²) in [7, 11) is 0. The van der Waals surface area contributed by atoms with E-state index in [1.54, 1.807) is 23.1 Å². The third-order valence-electron chi connectivity index (χ3n) is 2.57. The maximum Gasteiger partial charge on any atom is 0.255 e. The van der Waals surface area contributed by atoms with E-state index in [0.717, 1.165) is 12.8 Å². The van der Waals surface area contributed by atoms with Crippen molar-refractivity contribution in [1.29, 1.82) is 5.26 Å². The van der Waals surface area contributed by atoms with Gasteiger partial charge in [-0.05, 0) is 12.8 Å². The van der Waals surface area contributed by atoms with Crippen LogP contribution in [0.3, 0.4) is 0 Å². The Morgan fingerprint density at radius 1 is 1.44 bits per heavy atom. The Morgan fingerprint density at radius 3 is 3.17 bits per heavy atom. The average molecular weight is 243 g/mol. The van der Waals surface area contributed by atoms with Crippen molar-refractivity contribution in [3.63, 3.8) is 0 Å². The molecule has 0 saturated carbocycles. The van der Waals surface area contributed by atoms with Crippen molar-refractivity contribution in [2.24, 2.45) is 0 Å². The highest BCUT2D eigenvalue weighted by Crippen LogP contribution is 2.08. The molecule has 0 spiro atoms. The third kappa shape index (κ3) is 2.63. The van der Waals surface area contributed by atoms with Crippen LogP contribution in [0.1, 0.15) is 29.6 Å². The molecule has 6 nitrogen and oxygen atoms in total. The summed E-state index contributed by atoms with van der Waals surface area (Å²) in [5.74, 6) is -0.157. The number of nitrogens with one attached hydrogen (secondary N) is 1. The summed E-state index contributed by atoms with van der Waals surface area (Å²) in [6, 6.07) is 2.07. The second kappa shape index (κ2) is 5.77. The number of carbonyl (C=O) groups excluding carboxylic acids is 1. The lowest BCUT2D eigenvalue weighted by Crippen LogP contribution is -2.24. The molecule has 92 valence electrons. The monoisotopic (exact) mass is 243 g/mol. The van der Waals surface area contributed by atoms with E-state index in [4.69, 9.17) is 5.26 Å². The molecule has 1 N–H and O–H groups in total. The fourth-order valence-electron chi connectivity index (χ4n) is 1.64. The predicted octanol–water partition coefficient (Wildman–Crippen LogP) is 1.15. The van der Waals surface area contributed by atoms with Crippen molar-refractivity contribution < 1.29 is 4.79 Å². The van der Waals surface area contributed by atoms with Crippen LogP contribution in [0.2, 0.25) is 0 Å². The average Bonchev–Trinajstić information content (AvgIpc) is 2.82. The highest BCUT2D eigenvalue weighted by Gasteiger charge is 2.11. The molecule has 2 aromatic rings. The lowest BCUT2D eigenvalue weighted by atomic mass is 10.2. The molecular weight excluding hydrogens is 230 g/mol.